The molecule has 0 amide bonds. The van der Waals surface area contributed by atoms with Crippen LogP contribution >= 0.6 is 24.0 Å². The molecule has 0 aliphatic rings. The van der Waals surface area contributed by atoms with Gasteiger partial charge in [0.2, 0.25) is 5.13 Å². The van der Waals surface area contributed by atoms with E-state index in [-0.39, 0.29) is 0 Å². The Bertz CT molecular complexity index is 376. The number of nitrogen functional groups attached to an aromatic ring is 1. The highest BCUT2D eigenvalue weighted by atomic mass is 32.2. The molecule has 0 aliphatic carbocycles. The summed E-state index contributed by atoms with van der Waals surface area (Å²) in [6.07, 6.45) is 0. The lowest BCUT2D eigenvalue weighted by molar-refractivity contribution is 0.475. The number of nitrogens with zero attached hydrogens (tertiary/aromatic N) is 2. The van der Waals surface area contributed by atoms with Crippen LogP contribution in [0, 0.1) is 6.92 Å². The Morgan fingerprint density at radius 3 is 2.13 bits per heavy atom. The molecule has 4 nitrogen and oxygen atoms in total. The molecular weight excluding hydrogens is 230 g/mol. The lowest BCUT2D eigenvalue weighted by Crippen LogP contribution is -1.79. The molecule has 0 saturated carbocycles. The second-order valence-corrected chi connectivity index (χ2v) is 4.49. The Kier molecular flexibility index (Phi) is 4.38. The summed E-state index contributed by atoms with van der Waals surface area (Å²) in [5.41, 5.74) is 6.34. The van der Waals surface area contributed by atoms with Crippen LogP contribution < -0.4 is 5.73 Å². The molecule has 0 spiro atoms. The van der Waals surface area contributed by atoms with Crippen LogP contribution in [0.4, 0.5) is 5.13 Å². The maximum Gasteiger partial charge on any atom is 0.203 e. The van der Waals surface area contributed by atoms with E-state index in [1.807, 2.05) is 19.1 Å². The number of thiol groups is 1. The van der Waals surface area contributed by atoms with Crippen molar-refractivity contribution in [3.05, 3.63) is 29.8 Å². The minimum absolute atomic E-state index is 0.329. The van der Waals surface area contributed by atoms with Gasteiger partial charge in [-0.15, -0.1) is 22.8 Å². The fraction of sp³-hybridized carbons (Fsp3) is 0.111. The molecule has 1 aromatic carbocycles. The molecule has 80 valence electrons. The van der Waals surface area contributed by atoms with Gasteiger partial charge in [-0.3, -0.25) is 0 Å². The van der Waals surface area contributed by atoms with Gasteiger partial charge in [0.25, 0.3) is 0 Å². The van der Waals surface area contributed by atoms with Crippen molar-refractivity contribution in [2.45, 2.75) is 11.3 Å². The van der Waals surface area contributed by atoms with Gasteiger partial charge in [0.15, 0.2) is 4.34 Å². The van der Waals surface area contributed by atoms with Crippen LogP contribution in [0.5, 0.6) is 5.75 Å². The first-order valence-corrected chi connectivity index (χ1v) is 5.38. The number of nitrogens with two attached hydrogens (primary N) is 1. The third kappa shape index (κ3) is 4.66. The first-order valence-electron chi connectivity index (χ1n) is 4.11. The van der Waals surface area contributed by atoms with E-state index in [2.05, 4.69) is 22.8 Å². The number of phenols is 1. The number of benzene rings is 1. The highest BCUT2D eigenvalue weighted by Gasteiger charge is 1.90. The number of hydrogen-bond acceptors (Lipinski definition) is 6. The molecule has 0 saturated heterocycles. The molecule has 2 rings (SSSR count). The Balaban J connectivity index is 0.000000151. The van der Waals surface area contributed by atoms with Gasteiger partial charge in [-0.25, -0.2) is 0 Å². The summed E-state index contributed by atoms with van der Waals surface area (Å²) in [4.78, 5) is 0. The SMILES string of the molecule is Cc1ccc(O)cc1.Nc1nnc(S)s1. The zero-order valence-corrected chi connectivity index (χ0v) is 9.79. The number of rotatable bonds is 0. The largest absolute Gasteiger partial charge is 0.508 e. The van der Waals surface area contributed by atoms with E-state index in [1.165, 1.54) is 16.9 Å². The summed E-state index contributed by atoms with van der Waals surface area (Å²) < 4.78 is 0.609. The Morgan fingerprint density at radius 1 is 1.27 bits per heavy atom. The quantitative estimate of drug-likeness (QED) is 0.618. The lowest BCUT2D eigenvalue weighted by Gasteiger charge is -1.89. The molecule has 0 atom stereocenters. The maximum absolute atomic E-state index is 8.76. The van der Waals surface area contributed by atoms with Gasteiger partial charge in [0.1, 0.15) is 5.75 Å². The van der Waals surface area contributed by atoms with E-state index in [0.29, 0.717) is 15.2 Å². The van der Waals surface area contributed by atoms with Gasteiger partial charge in [-0.1, -0.05) is 29.0 Å². The number of anilines is 1. The molecule has 0 fully saturated rings. The van der Waals surface area contributed by atoms with Gasteiger partial charge in [-0.05, 0) is 19.1 Å². The van der Waals surface area contributed by atoms with Crippen LogP contribution in [-0.2, 0) is 0 Å². The monoisotopic (exact) mass is 241 g/mol. The number of aromatic hydroxyl groups is 1. The van der Waals surface area contributed by atoms with Gasteiger partial charge in [0.05, 0.1) is 0 Å². The highest BCUT2D eigenvalue weighted by Crippen LogP contribution is 2.13. The van der Waals surface area contributed by atoms with Crippen molar-refractivity contribution in [1.29, 1.82) is 0 Å². The number of aryl methyl sites for hydroxylation is 1. The van der Waals surface area contributed by atoms with Crippen LogP contribution in [0.3, 0.4) is 0 Å². The molecule has 1 aromatic heterocycles. The van der Waals surface area contributed by atoms with E-state index in [4.69, 9.17) is 10.8 Å². The molecule has 1 heterocycles. The Hall–Kier alpha value is -1.27. The maximum atomic E-state index is 8.76. The van der Waals surface area contributed by atoms with Crippen molar-refractivity contribution in [3.8, 4) is 5.75 Å². The summed E-state index contributed by atoms with van der Waals surface area (Å²) in [6.45, 7) is 1.99. The van der Waals surface area contributed by atoms with Crippen molar-refractivity contribution < 1.29 is 5.11 Å². The van der Waals surface area contributed by atoms with Crippen molar-refractivity contribution >= 4 is 29.1 Å². The van der Waals surface area contributed by atoms with Gasteiger partial charge < -0.3 is 10.8 Å². The van der Waals surface area contributed by atoms with E-state index in [0.717, 1.165) is 0 Å². The first-order chi connectivity index (χ1) is 7.08. The zero-order chi connectivity index (χ0) is 11.3. The van der Waals surface area contributed by atoms with Crippen molar-refractivity contribution in [1.82, 2.24) is 10.2 Å². The fourth-order valence-corrected chi connectivity index (χ4v) is 1.45. The number of hydrogen-bond donors (Lipinski definition) is 3. The topological polar surface area (TPSA) is 72.0 Å². The third-order valence-electron chi connectivity index (χ3n) is 1.46. The fourth-order valence-electron chi connectivity index (χ4n) is 0.771. The first kappa shape index (κ1) is 11.8. The highest BCUT2D eigenvalue weighted by molar-refractivity contribution is 7.82. The standard InChI is InChI=1S/C7H8O.C2H3N3S2/c1-6-2-4-7(8)5-3-6;3-1-4-5-2(6)7-1/h2-5,8H,1H3;(H2,3,4)(H,5,6). The van der Waals surface area contributed by atoms with E-state index >= 15 is 0 Å². The second-order valence-electron chi connectivity index (χ2n) is 2.76. The van der Waals surface area contributed by atoms with Crippen LogP contribution in [0.2, 0.25) is 0 Å². The van der Waals surface area contributed by atoms with Gasteiger partial charge >= 0.3 is 0 Å². The summed E-state index contributed by atoms with van der Waals surface area (Å²) in [7, 11) is 0. The van der Waals surface area contributed by atoms with Crippen LogP contribution in [0.15, 0.2) is 28.6 Å². The van der Waals surface area contributed by atoms with E-state index in [1.54, 1.807) is 12.1 Å². The minimum Gasteiger partial charge on any atom is -0.508 e. The molecule has 15 heavy (non-hydrogen) atoms. The van der Waals surface area contributed by atoms with E-state index < -0.39 is 0 Å². The van der Waals surface area contributed by atoms with Gasteiger partial charge in [-0.2, -0.15) is 0 Å². The summed E-state index contributed by atoms with van der Waals surface area (Å²) in [5.74, 6) is 0.329. The summed E-state index contributed by atoms with van der Waals surface area (Å²) >= 11 is 5.13. The van der Waals surface area contributed by atoms with Crippen LogP contribution in [0.1, 0.15) is 5.56 Å². The average Bonchev–Trinajstić information content (AvgIpc) is 2.56. The van der Waals surface area contributed by atoms with Crippen molar-refractivity contribution in [2.75, 3.05) is 5.73 Å². The zero-order valence-electron chi connectivity index (χ0n) is 8.08. The molecule has 2 aromatic rings. The molecular formula is C9H11N3OS2. The van der Waals surface area contributed by atoms with Crippen LogP contribution in [0.25, 0.3) is 0 Å². The predicted octanol–water partition coefficient (Wildman–Crippen LogP) is 2.11. The minimum atomic E-state index is 0.329. The third-order valence-corrected chi connectivity index (χ3v) is 2.38. The molecule has 6 heteroatoms. The Morgan fingerprint density at radius 2 is 1.87 bits per heavy atom. The van der Waals surface area contributed by atoms with Crippen molar-refractivity contribution in [2.24, 2.45) is 0 Å². The molecule has 0 bridgehead atoms. The predicted molar refractivity (Wildman–Crippen MR) is 64.4 cm³/mol. The van der Waals surface area contributed by atoms with Crippen LogP contribution in [-0.4, -0.2) is 15.3 Å². The number of aromatic nitrogens is 2. The average molecular weight is 241 g/mol. The normalized spacial score (nSPS) is 9.20. The smallest absolute Gasteiger partial charge is 0.203 e. The molecule has 3 N–H and O–H groups in total. The molecule has 0 aliphatic heterocycles. The second kappa shape index (κ2) is 5.57. The van der Waals surface area contributed by atoms with E-state index in [9.17, 15) is 0 Å². The van der Waals surface area contributed by atoms with Crippen molar-refractivity contribution in [3.63, 3.8) is 0 Å². The summed E-state index contributed by atoms with van der Waals surface area (Å²) in [5, 5.41) is 16.2. The van der Waals surface area contributed by atoms with Gasteiger partial charge in [0, 0.05) is 0 Å². The lowest BCUT2D eigenvalue weighted by atomic mass is 10.2. The molecule has 0 unspecified atom stereocenters. The Labute approximate surface area is 97.2 Å². The summed E-state index contributed by atoms with van der Waals surface area (Å²) in [6, 6.07) is 7.09. The number of phenolic OH excluding ortho intramolecular Hbond substituents is 1. The molecule has 0 radical (unpaired) electrons.